The Hall–Kier alpha value is -1.95. The van der Waals surface area contributed by atoms with Gasteiger partial charge in [0.15, 0.2) is 0 Å². The molecule has 1 aromatic carbocycles. The summed E-state index contributed by atoms with van der Waals surface area (Å²) in [4.78, 5) is 22.0. The number of carbonyl (C=O) groups excluding carboxylic acids is 1. The predicted octanol–water partition coefficient (Wildman–Crippen LogP) is 2.02. The van der Waals surface area contributed by atoms with Crippen molar-refractivity contribution in [1.29, 1.82) is 0 Å². The second-order valence-corrected chi connectivity index (χ2v) is 4.25. The molecule has 1 amide bonds. The first-order valence-corrected chi connectivity index (χ1v) is 5.75. The van der Waals surface area contributed by atoms with Crippen LogP contribution in [0, 0.1) is 17.0 Å². The maximum absolute atomic E-state index is 11.8. The highest BCUT2D eigenvalue weighted by Crippen LogP contribution is 2.22. The molecule has 0 radical (unpaired) electrons. The highest BCUT2D eigenvalue weighted by molar-refractivity contribution is 5.95. The molecule has 6 heteroatoms. The van der Waals surface area contributed by atoms with Gasteiger partial charge in [-0.2, -0.15) is 0 Å². The van der Waals surface area contributed by atoms with Gasteiger partial charge in [-0.25, -0.2) is 0 Å². The summed E-state index contributed by atoms with van der Waals surface area (Å²) in [6.45, 7) is 2.33. The number of hydrogen-bond acceptors (Lipinski definition) is 4. The Labute approximate surface area is 104 Å². The fourth-order valence-corrected chi connectivity index (χ4v) is 1.90. The number of nitro benzene ring substituents is 1. The van der Waals surface area contributed by atoms with Crippen molar-refractivity contribution < 1.29 is 14.5 Å². The van der Waals surface area contributed by atoms with E-state index in [1.807, 2.05) is 0 Å². The number of amides is 1. The minimum atomic E-state index is -0.460. The molecule has 1 aliphatic rings. The molecule has 0 unspecified atom stereocenters. The van der Waals surface area contributed by atoms with Crippen molar-refractivity contribution in [2.24, 2.45) is 0 Å². The first kappa shape index (κ1) is 12.5. The van der Waals surface area contributed by atoms with E-state index in [0.717, 1.165) is 12.8 Å². The lowest BCUT2D eigenvalue weighted by molar-refractivity contribution is -0.384. The van der Waals surface area contributed by atoms with Crippen LogP contribution in [0.1, 0.15) is 18.4 Å². The molecule has 0 aromatic heterocycles. The van der Waals surface area contributed by atoms with Crippen LogP contribution in [0.3, 0.4) is 0 Å². The van der Waals surface area contributed by atoms with Gasteiger partial charge in [0.2, 0.25) is 0 Å². The van der Waals surface area contributed by atoms with Crippen LogP contribution in [0.5, 0.6) is 0 Å². The van der Waals surface area contributed by atoms with Gasteiger partial charge >= 0.3 is 0 Å². The molecule has 0 bridgehead atoms. The molecule has 0 aliphatic carbocycles. The number of ether oxygens (including phenoxy) is 1. The first-order chi connectivity index (χ1) is 8.58. The van der Waals surface area contributed by atoms with Gasteiger partial charge in [-0.3, -0.25) is 14.9 Å². The van der Waals surface area contributed by atoms with Gasteiger partial charge in [0.25, 0.3) is 11.6 Å². The van der Waals surface area contributed by atoms with Crippen LogP contribution in [0.25, 0.3) is 0 Å². The summed E-state index contributed by atoms with van der Waals surface area (Å²) < 4.78 is 5.27. The molecule has 1 atom stereocenters. The summed E-state index contributed by atoms with van der Waals surface area (Å²) in [5.41, 5.74) is 1.26. The lowest BCUT2D eigenvalue weighted by Gasteiger charge is -2.12. The van der Waals surface area contributed by atoms with E-state index in [2.05, 4.69) is 5.32 Å². The van der Waals surface area contributed by atoms with Crippen LogP contribution in [0.15, 0.2) is 18.2 Å². The Bertz CT molecular complexity index is 481. The highest BCUT2D eigenvalue weighted by Gasteiger charge is 2.24. The lowest BCUT2D eigenvalue weighted by Crippen LogP contribution is -2.27. The van der Waals surface area contributed by atoms with Crippen LogP contribution in [-0.4, -0.2) is 23.5 Å². The fraction of sp³-hybridized carbons (Fsp3) is 0.417. The number of nitro groups is 1. The molecular formula is C12H14N2O4. The second kappa shape index (κ2) is 5.14. The number of carbonyl (C=O) groups is 1. The lowest BCUT2D eigenvalue weighted by atomic mass is 10.1. The summed E-state index contributed by atoms with van der Waals surface area (Å²) in [6, 6.07) is 4.35. The molecule has 1 fully saturated rings. The minimum absolute atomic E-state index is 0.0163. The average molecular weight is 250 g/mol. The maximum atomic E-state index is 11.8. The smallest absolute Gasteiger partial charge is 0.269 e. The number of benzene rings is 1. The molecule has 1 aliphatic heterocycles. The van der Waals surface area contributed by atoms with E-state index in [0.29, 0.717) is 17.9 Å². The molecular weight excluding hydrogens is 236 g/mol. The second-order valence-electron chi connectivity index (χ2n) is 4.25. The van der Waals surface area contributed by atoms with E-state index >= 15 is 0 Å². The van der Waals surface area contributed by atoms with Gasteiger partial charge in [-0.05, 0) is 31.4 Å². The van der Waals surface area contributed by atoms with Gasteiger partial charge < -0.3 is 10.1 Å². The van der Waals surface area contributed by atoms with Crippen LogP contribution in [0.4, 0.5) is 11.4 Å². The molecule has 1 N–H and O–H groups in total. The number of nitrogens with one attached hydrogen (secondary N) is 1. The summed E-state index contributed by atoms with van der Waals surface area (Å²) in [5, 5.41) is 13.3. The van der Waals surface area contributed by atoms with Crippen LogP contribution < -0.4 is 5.32 Å². The average Bonchev–Trinajstić information content (AvgIpc) is 2.85. The first-order valence-electron chi connectivity index (χ1n) is 5.75. The standard InChI is InChI=1S/C12H14N2O4/c1-8-7-9(14(16)17)4-5-10(8)13-12(15)11-3-2-6-18-11/h4-5,7,11H,2-3,6H2,1H3,(H,13,15)/t11-/m0/s1. The summed E-state index contributed by atoms with van der Waals surface area (Å²) in [5.74, 6) is -0.190. The Kier molecular flexibility index (Phi) is 3.57. The van der Waals surface area contributed by atoms with Gasteiger partial charge in [-0.1, -0.05) is 0 Å². The van der Waals surface area contributed by atoms with Crippen molar-refractivity contribution in [3.8, 4) is 0 Å². The molecule has 1 aromatic rings. The molecule has 1 saturated heterocycles. The van der Waals surface area contributed by atoms with E-state index in [1.54, 1.807) is 13.0 Å². The Morgan fingerprint density at radius 1 is 1.56 bits per heavy atom. The monoisotopic (exact) mass is 250 g/mol. The van der Waals surface area contributed by atoms with E-state index in [-0.39, 0.29) is 11.6 Å². The fourth-order valence-electron chi connectivity index (χ4n) is 1.90. The van der Waals surface area contributed by atoms with Crippen molar-refractivity contribution in [2.75, 3.05) is 11.9 Å². The van der Waals surface area contributed by atoms with Gasteiger partial charge in [0, 0.05) is 24.4 Å². The van der Waals surface area contributed by atoms with Crippen molar-refractivity contribution in [3.05, 3.63) is 33.9 Å². The topological polar surface area (TPSA) is 81.5 Å². The normalized spacial score (nSPS) is 18.6. The van der Waals surface area contributed by atoms with Gasteiger partial charge in [-0.15, -0.1) is 0 Å². The molecule has 1 heterocycles. The molecule has 0 saturated carbocycles. The minimum Gasteiger partial charge on any atom is -0.368 e. The predicted molar refractivity (Wildman–Crippen MR) is 65.4 cm³/mol. The SMILES string of the molecule is Cc1cc([N+](=O)[O-])ccc1NC(=O)[C@@H]1CCCO1. The van der Waals surface area contributed by atoms with E-state index in [4.69, 9.17) is 4.74 Å². The van der Waals surface area contributed by atoms with Crippen molar-refractivity contribution >= 4 is 17.3 Å². The molecule has 96 valence electrons. The zero-order valence-corrected chi connectivity index (χ0v) is 10.0. The van der Waals surface area contributed by atoms with Gasteiger partial charge in [0.1, 0.15) is 6.10 Å². The van der Waals surface area contributed by atoms with E-state index < -0.39 is 11.0 Å². The van der Waals surface area contributed by atoms with Crippen molar-refractivity contribution in [1.82, 2.24) is 0 Å². The van der Waals surface area contributed by atoms with Crippen LogP contribution in [-0.2, 0) is 9.53 Å². The number of aryl methyl sites for hydroxylation is 1. The highest BCUT2D eigenvalue weighted by atomic mass is 16.6. The Morgan fingerprint density at radius 3 is 2.89 bits per heavy atom. The summed E-state index contributed by atoms with van der Waals surface area (Å²) in [7, 11) is 0. The van der Waals surface area contributed by atoms with Crippen LogP contribution >= 0.6 is 0 Å². The number of non-ortho nitro benzene ring substituents is 1. The van der Waals surface area contributed by atoms with E-state index in [1.165, 1.54) is 12.1 Å². The third-order valence-electron chi connectivity index (χ3n) is 2.90. The number of rotatable bonds is 3. The number of anilines is 1. The largest absolute Gasteiger partial charge is 0.368 e. The zero-order valence-electron chi connectivity index (χ0n) is 10.0. The zero-order chi connectivity index (χ0) is 13.1. The third-order valence-corrected chi connectivity index (χ3v) is 2.90. The third kappa shape index (κ3) is 2.65. The Balaban J connectivity index is 2.09. The van der Waals surface area contributed by atoms with Gasteiger partial charge in [0.05, 0.1) is 4.92 Å². The van der Waals surface area contributed by atoms with E-state index in [9.17, 15) is 14.9 Å². The molecule has 18 heavy (non-hydrogen) atoms. The van der Waals surface area contributed by atoms with Crippen molar-refractivity contribution in [3.63, 3.8) is 0 Å². The van der Waals surface area contributed by atoms with Crippen LogP contribution in [0.2, 0.25) is 0 Å². The number of hydrogen-bond donors (Lipinski definition) is 1. The number of nitrogens with zero attached hydrogens (tertiary/aromatic N) is 1. The molecule has 6 nitrogen and oxygen atoms in total. The Morgan fingerprint density at radius 2 is 2.33 bits per heavy atom. The summed E-state index contributed by atoms with van der Waals surface area (Å²) >= 11 is 0. The molecule has 0 spiro atoms. The molecule has 2 rings (SSSR count). The summed E-state index contributed by atoms with van der Waals surface area (Å²) in [6.07, 6.45) is 1.20. The van der Waals surface area contributed by atoms with Crippen molar-refractivity contribution in [2.45, 2.75) is 25.9 Å². The maximum Gasteiger partial charge on any atom is 0.269 e. The quantitative estimate of drug-likeness (QED) is 0.657.